The number of carboxylic acids is 1. The van der Waals surface area contributed by atoms with Crippen LogP contribution in [-0.4, -0.2) is 16.1 Å². The first-order valence-corrected chi connectivity index (χ1v) is 5.75. The molecule has 1 aromatic carbocycles. The topological polar surface area (TPSA) is 59.4 Å². The lowest BCUT2D eigenvalue weighted by Gasteiger charge is -2.10. The number of halogens is 2. The Morgan fingerprint density at radius 3 is 2.50 bits per heavy atom. The van der Waals surface area contributed by atoms with Gasteiger partial charge < -0.3 is 9.84 Å². The normalized spacial score (nSPS) is 10.3. The third-order valence-corrected chi connectivity index (χ3v) is 2.63. The number of ether oxygens (including phenoxy) is 1. The van der Waals surface area contributed by atoms with E-state index < -0.39 is 24.2 Å². The van der Waals surface area contributed by atoms with Crippen molar-refractivity contribution in [2.45, 2.75) is 13.5 Å². The Morgan fingerprint density at radius 1 is 1.25 bits per heavy atom. The number of benzene rings is 1. The van der Waals surface area contributed by atoms with Gasteiger partial charge in [0.2, 0.25) is 0 Å². The molecule has 0 spiro atoms. The molecule has 6 heteroatoms. The van der Waals surface area contributed by atoms with Gasteiger partial charge in [0.05, 0.1) is 5.56 Å². The minimum Gasteiger partial charge on any atom is -0.486 e. The summed E-state index contributed by atoms with van der Waals surface area (Å²) < 4.78 is 32.0. The number of hydrogen-bond donors (Lipinski definition) is 1. The van der Waals surface area contributed by atoms with Crippen LogP contribution in [0.15, 0.2) is 30.3 Å². The van der Waals surface area contributed by atoms with E-state index in [-0.39, 0.29) is 17.0 Å². The van der Waals surface area contributed by atoms with Crippen molar-refractivity contribution in [2.75, 3.05) is 0 Å². The maximum atomic E-state index is 13.4. The lowest BCUT2D eigenvalue weighted by atomic mass is 10.2. The van der Waals surface area contributed by atoms with Crippen LogP contribution >= 0.6 is 0 Å². The van der Waals surface area contributed by atoms with Crippen LogP contribution in [0.1, 0.15) is 21.7 Å². The Morgan fingerprint density at radius 2 is 1.90 bits per heavy atom. The lowest BCUT2D eigenvalue weighted by molar-refractivity contribution is 0.0684. The van der Waals surface area contributed by atoms with Gasteiger partial charge in [0.1, 0.15) is 18.2 Å². The van der Waals surface area contributed by atoms with Crippen LogP contribution < -0.4 is 4.74 Å². The molecule has 20 heavy (non-hydrogen) atoms. The molecule has 4 nitrogen and oxygen atoms in total. The maximum absolute atomic E-state index is 13.4. The van der Waals surface area contributed by atoms with Crippen molar-refractivity contribution >= 4 is 5.97 Å². The molecule has 0 amide bonds. The number of carbonyl (C=O) groups is 1. The van der Waals surface area contributed by atoms with Gasteiger partial charge >= 0.3 is 5.97 Å². The highest BCUT2D eigenvalue weighted by Gasteiger charge is 2.15. The Kier molecular flexibility index (Phi) is 3.93. The van der Waals surface area contributed by atoms with Gasteiger partial charge in [0.15, 0.2) is 11.4 Å². The van der Waals surface area contributed by atoms with E-state index in [0.29, 0.717) is 5.69 Å². The van der Waals surface area contributed by atoms with E-state index in [1.165, 1.54) is 12.1 Å². The van der Waals surface area contributed by atoms with Gasteiger partial charge in [-0.05, 0) is 31.2 Å². The van der Waals surface area contributed by atoms with Gasteiger partial charge in [-0.2, -0.15) is 0 Å². The van der Waals surface area contributed by atoms with Crippen LogP contribution in [0.4, 0.5) is 8.78 Å². The molecular weight excluding hydrogens is 268 g/mol. The highest BCUT2D eigenvalue weighted by atomic mass is 19.1. The van der Waals surface area contributed by atoms with Crippen LogP contribution in [-0.2, 0) is 6.61 Å². The van der Waals surface area contributed by atoms with Crippen molar-refractivity contribution in [2.24, 2.45) is 0 Å². The van der Waals surface area contributed by atoms with Gasteiger partial charge in [-0.3, -0.25) is 0 Å². The number of aromatic carboxylic acids is 1. The predicted octanol–water partition coefficient (Wildman–Crippen LogP) is 2.95. The first kappa shape index (κ1) is 13.9. The standard InChI is InChI=1S/C14H11F2NO3/c1-8-5-6-12(13(17-8)14(18)19)20-7-9-10(15)3-2-4-11(9)16/h2-6H,7H2,1H3,(H,18,19). The van der Waals surface area contributed by atoms with Crippen molar-refractivity contribution < 1.29 is 23.4 Å². The monoisotopic (exact) mass is 279 g/mol. The molecule has 0 aliphatic rings. The number of carboxylic acid groups (broad SMARTS) is 1. The Labute approximate surface area is 113 Å². The third kappa shape index (κ3) is 2.90. The predicted molar refractivity (Wildman–Crippen MR) is 66.6 cm³/mol. The van der Waals surface area contributed by atoms with E-state index in [9.17, 15) is 13.6 Å². The summed E-state index contributed by atoms with van der Waals surface area (Å²) in [5, 5.41) is 9.01. The zero-order valence-electron chi connectivity index (χ0n) is 10.6. The fourth-order valence-electron chi connectivity index (χ4n) is 1.63. The van der Waals surface area contributed by atoms with Crippen LogP contribution in [0.5, 0.6) is 5.75 Å². The number of aryl methyl sites for hydroxylation is 1. The van der Waals surface area contributed by atoms with Gasteiger partial charge in [-0.1, -0.05) is 6.07 Å². The Hall–Kier alpha value is -2.50. The molecule has 104 valence electrons. The summed E-state index contributed by atoms with van der Waals surface area (Å²) in [6, 6.07) is 6.41. The third-order valence-electron chi connectivity index (χ3n) is 2.63. The highest BCUT2D eigenvalue weighted by molar-refractivity contribution is 5.88. The molecule has 0 bridgehead atoms. The molecule has 0 atom stereocenters. The Bertz CT molecular complexity index is 639. The smallest absolute Gasteiger partial charge is 0.358 e. The van der Waals surface area contributed by atoms with Gasteiger partial charge in [0, 0.05) is 5.69 Å². The minimum atomic E-state index is -1.27. The second kappa shape index (κ2) is 5.64. The van der Waals surface area contributed by atoms with E-state index in [4.69, 9.17) is 9.84 Å². The molecule has 0 unspecified atom stereocenters. The average Bonchev–Trinajstić information content (AvgIpc) is 2.39. The summed E-state index contributed by atoms with van der Waals surface area (Å²) in [5.41, 5.74) is -0.0435. The van der Waals surface area contributed by atoms with E-state index in [1.807, 2.05) is 0 Å². The molecule has 1 heterocycles. The first-order chi connectivity index (χ1) is 9.49. The summed E-state index contributed by atoms with van der Waals surface area (Å²) in [6.07, 6.45) is 0. The number of hydrogen-bond acceptors (Lipinski definition) is 3. The number of nitrogens with zero attached hydrogens (tertiary/aromatic N) is 1. The van der Waals surface area contributed by atoms with Gasteiger partial charge in [-0.15, -0.1) is 0 Å². The van der Waals surface area contributed by atoms with Crippen LogP contribution in [0, 0.1) is 18.6 Å². The van der Waals surface area contributed by atoms with Crippen molar-refractivity contribution in [3.8, 4) is 5.75 Å². The second-order valence-electron chi connectivity index (χ2n) is 4.09. The Balaban J connectivity index is 2.25. The maximum Gasteiger partial charge on any atom is 0.358 e. The molecule has 0 aliphatic carbocycles. The molecule has 1 aromatic heterocycles. The zero-order valence-corrected chi connectivity index (χ0v) is 10.6. The highest BCUT2D eigenvalue weighted by Crippen LogP contribution is 2.20. The molecule has 1 N–H and O–H groups in total. The summed E-state index contributed by atoms with van der Waals surface area (Å²) in [5.74, 6) is -2.80. The number of pyridine rings is 1. The molecule has 2 aromatic rings. The number of rotatable bonds is 4. The van der Waals surface area contributed by atoms with Crippen molar-refractivity contribution in [1.82, 2.24) is 4.98 Å². The van der Waals surface area contributed by atoms with E-state index >= 15 is 0 Å². The van der Waals surface area contributed by atoms with Crippen LogP contribution in [0.3, 0.4) is 0 Å². The molecule has 0 fully saturated rings. The fraction of sp³-hybridized carbons (Fsp3) is 0.143. The quantitative estimate of drug-likeness (QED) is 0.934. The van der Waals surface area contributed by atoms with Gasteiger partial charge in [-0.25, -0.2) is 18.6 Å². The van der Waals surface area contributed by atoms with Crippen molar-refractivity contribution in [3.63, 3.8) is 0 Å². The summed E-state index contributed by atoms with van der Waals surface area (Å²) >= 11 is 0. The summed E-state index contributed by atoms with van der Waals surface area (Å²) in [7, 11) is 0. The number of aromatic nitrogens is 1. The van der Waals surface area contributed by atoms with Crippen molar-refractivity contribution in [1.29, 1.82) is 0 Å². The van der Waals surface area contributed by atoms with E-state index in [2.05, 4.69) is 4.98 Å². The minimum absolute atomic E-state index is 0.0363. The van der Waals surface area contributed by atoms with E-state index in [0.717, 1.165) is 12.1 Å². The molecule has 0 saturated heterocycles. The molecule has 2 rings (SSSR count). The molecule has 0 saturated carbocycles. The summed E-state index contributed by atoms with van der Waals surface area (Å²) in [4.78, 5) is 14.8. The molecular formula is C14H11F2NO3. The summed E-state index contributed by atoms with van der Waals surface area (Å²) in [6.45, 7) is 1.22. The first-order valence-electron chi connectivity index (χ1n) is 5.75. The molecule has 0 aliphatic heterocycles. The molecule has 0 radical (unpaired) electrons. The van der Waals surface area contributed by atoms with Crippen LogP contribution in [0.2, 0.25) is 0 Å². The average molecular weight is 279 g/mol. The zero-order chi connectivity index (χ0) is 14.7. The SMILES string of the molecule is Cc1ccc(OCc2c(F)cccc2F)c(C(=O)O)n1. The fourth-order valence-corrected chi connectivity index (χ4v) is 1.63. The van der Waals surface area contributed by atoms with Crippen LogP contribution in [0.25, 0.3) is 0 Å². The second-order valence-corrected chi connectivity index (χ2v) is 4.09. The lowest BCUT2D eigenvalue weighted by Crippen LogP contribution is -2.08. The largest absolute Gasteiger partial charge is 0.486 e. The van der Waals surface area contributed by atoms with Crippen molar-refractivity contribution in [3.05, 3.63) is 58.9 Å². The van der Waals surface area contributed by atoms with Gasteiger partial charge in [0.25, 0.3) is 0 Å². The van der Waals surface area contributed by atoms with E-state index in [1.54, 1.807) is 13.0 Å².